The molecule has 1 aliphatic carbocycles. The first kappa shape index (κ1) is 27.0. The van der Waals surface area contributed by atoms with E-state index in [1.807, 2.05) is 6.92 Å². The van der Waals surface area contributed by atoms with Gasteiger partial charge in [0, 0.05) is 11.6 Å². The molecule has 1 aromatic heterocycles. The van der Waals surface area contributed by atoms with Gasteiger partial charge in [-0.05, 0) is 54.8 Å². The molecule has 0 bridgehead atoms. The summed E-state index contributed by atoms with van der Waals surface area (Å²) >= 11 is 0. The molecule has 11 heteroatoms. The zero-order chi connectivity index (χ0) is 27.1. The molecular weight excluding hydrogens is 491 g/mol. The van der Waals surface area contributed by atoms with Crippen molar-refractivity contribution in [2.24, 2.45) is 0 Å². The molecule has 4 rings (SSSR count). The number of rotatable bonds is 11. The fraction of sp³-hybridized carbons (Fsp3) is 0.444. The average molecular weight is 525 g/mol. The smallest absolute Gasteiger partial charge is 0.251 e. The fourth-order valence-corrected chi connectivity index (χ4v) is 4.74. The molecule has 1 saturated carbocycles. The summed E-state index contributed by atoms with van der Waals surface area (Å²) in [6.45, 7) is 1.60. The Kier molecular flexibility index (Phi) is 8.88. The van der Waals surface area contributed by atoms with Crippen LogP contribution in [-0.2, 0) is 16.1 Å². The lowest BCUT2D eigenvalue weighted by molar-refractivity contribution is -0.127. The highest BCUT2D eigenvalue weighted by molar-refractivity contribution is 6.00. The van der Waals surface area contributed by atoms with Gasteiger partial charge in [-0.25, -0.2) is 4.39 Å². The molecule has 2 aromatic carbocycles. The van der Waals surface area contributed by atoms with E-state index in [9.17, 15) is 14.0 Å². The number of halogens is 1. The summed E-state index contributed by atoms with van der Waals surface area (Å²) < 4.78 is 25.6. The molecule has 1 heterocycles. The number of methoxy groups -OCH3 is 2. The molecule has 202 valence electrons. The van der Waals surface area contributed by atoms with E-state index in [0.717, 1.165) is 30.5 Å². The third-order valence-electron chi connectivity index (χ3n) is 6.63. The molecule has 0 spiro atoms. The first-order chi connectivity index (χ1) is 18.4. The normalized spacial score (nSPS) is 14.2. The van der Waals surface area contributed by atoms with E-state index in [1.54, 1.807) is 37.4 Å². The van der Waals surface area contributed by atoms with E-state index in [1.165, 1.54) is 24.1 Å². The minimum Gasteiger partial charge on any atom is -0.493 e. The monoisotopic (exact) mass is 524 g/mol. The van der Waals surface area contributed by atoms with Crippen molar-refractivity contribution >= 4 is 17.5 Å². The number of carbonyl (C=O) groups excluding carboxylic acids is 2. The van der Waals surface area contributed by atoms with Crippen LogP contribution >= 0.6 is 0 Å². The maximum absolute atomic E-state index is 15.0. The molecule has 0 radical (unpaired) electrons. The summed E-state index contributed by atoms with van der Waals surface area (Å²) in [5.41, 5.74) is 0.657. The number of aromatic nitrogens is 4. The molecule has 1 atom stereocenters. The van der Waals surface area contributed by atoms with Crippen molar-refractivity contribution in [3.05, 3.63) is 48.3 Å². The number of nitrogens with zero attached hydrogens (tertiary/aromatic N) is 5. The summed E-state index contributed by atoms with van der Waals surface area (Å²) in [6.07, 6.45) is 4.92. The highest BCUT2D eigenvalue weighted by Crippen LogP contribution is 2.31. The summed E-state index contributed by atoms with van der Waals surface area (Å²) in [5.74, 6) is -0.0659. The van der Waals surface area contributed by atoms with Crippen LogP contribution in [0, 0.1) is 5.82 Å². The van der Waals surface area contributed by atoms with Gasteiger partial charge in [0.15, 0.2) is 11.5 Å². The average Bonchev–Trinajstić information content (AvgIpc) is 3.61. The number of anilines is 1. The summed E-state index contributed by atoms with van der Waals surface area (Å²) in [5, 5.41) is 15.5. The second kappa shape index (κ2) is 12.5. The van der Waals surface area contributed by atoms with Gasteiger partial charge in [-0.1, -0.05) is 38.3 Å². The van der Waals surface area contributed by atoms with Crippen molar-refractivity contribution in [3.63, 3.8) is 0 Å². The SMILES string of the molecule is CCC[C@H](C(=O)NC1CCCC1)N(C(=O)Cn1nnc(-c2ccc(OC)c(OC)c2)n1)c1ccccc1F. The van der Waals surface area contributed by atoms with Crippen LogP contribution in [0.1, 0.15) is 45.4 Å². The highest BCUT2D eigenvalue weighted by Gasteiger charge is 2.34. The molecule has 0 unspecified atom stereocenters. The van der Waals surface area contributed by atoms with Gasteiger partial charge in [0.05, 0.1) is 19.9 Å². The van der Waals surface area contributed by atoms with Crippen molar-refractivity contribution in [1.82, 2.24) is 25.5 Å². The molecule has 2 amide bonds. The second-order valence-corrected chi connectivity index (χ2v) is 9.22. The Hall–Kier alpha value is -4.02. The van der Waals surface area contributed by atoms with Crippen LogP contribution in [0.2, 0.25) is 0 Å². The lowest BCUT2D eigenvalue weighted by Crippen LogP contribution is -2.53. The van der Waals surface area contributed by atoms with E-state index < -0.39 is 17.8 Å². The Balaban J connectivity index is 1.60. The van der Waals surface area contributed by atoms with Gasteiger partial charge in [-0.2, -0.15) is 4.80 Å². The maximum Gasteiger partial charge on any atom is 0.251 e. The van der Waals surface area contributed by atoms with E-state index in [2.05, 4.69) is 20.7 Å². The number of ether oxygens (including phenoxy) is 2. The predicted molar refractivity (Wildman–Crippen MR) is 139 cm³/mol. The minimum absolute atomic E-state index is 0.0396. The van der Waals surface area contributed by atoms with Crippen LogP contribution in [0.3, 0.4) is 0 Å². The number of carbonyl (C=O) groups is 2. The Bertz CT molecular complexity index is 1260. The van der Waals surface area contributed by atoms with Crippen molar-refractivity contribution < 1.29 is 23.5 Å². The molecule has 1 N–H and O–H groups in total. The molecule has 1 fully saturated rings. The first-order valence-corrected chi connectivity index (χ1v) is 12.8. The van der Waals surface area contributed by atoms with Crippen LogP contribution in [0.15, 0.2) is 42.5 Å². The van der Waals surface area contributed by atoms with E-state index in [0.29, 0.717) is 29.9 Å². The summed E-state index contributed by atoms with van der Waals surface area (Å²) in [4.78, 5) is 29.4. The molecule has 0 aliphatic heterocycles. The summed E-state index contributed by atoms with van der Waals surface area (Å²) in [6, 6.07) is 10.3. The van der Waals surface area contributed by atoms with Gasteiger partial charge in [0.1, 0.15) is 18.4 Å². The van der Waals surface area contributed by atoms with Crippen LogP contribution in [-0.4, -0.2) is 58.3 Å². The predicted octanol–water partition coefficient (Wildman–Crippen LogP) is 3.76. The number of para-hydroxylation sites is 1. The minimum atomic E-state index is -0.876. The summed E-state index contributed by atoms with van der Waals surface area (Å²) in [7, 11) is 3.07. The van der Waals surface area contributed by atoms with E-state index in [4.69, 9.17) is 9.47 Å². The lowest BCUT2D eigenvalue weighted by Gasteiger charge is -2.32. The number of hydrogen-bond acceptors (Lipinski definition) is 7. The lowest BCUT2D eigenvalue weighted by atomic mass is 10.1. The Morgan fingerprint density at radius 2 is 1.87 bits per heavy atom. The molecule has 0 saturated heterocycles. The Morgan fingerprint density at radius 1 is 1.13 bits per heavy atom. The third kappa shape index (κ3) is 6.09. The largest absolute Gasteiger partial charge is 0.493 e. The van der Waals surface area contributed by atoms with Crippen LogP contribution in [0.5, 0.6) is 11.5 Å². The van der Waals surface area contributed by atoms with Gasteiger partial charge >= 0.3 is 0 Å². The van der Waals surface area contributed by atoms with Crippen LogP contribution in [0.25, 0.3) is 11.4 Å². The van der Waals surface area contributed by atoms with Gasteiger partial charge in [-0.3, -0.25) is 14.5 Å². The van der Waals surface area contributed by atoms with Crippen molar-refractivity contribution in [2.75, 3.05) is 19.1 Å². The second-order valence-electron chi connectivity index (χ2n) is 9.22. The van der Waals surface area contributed by atoms with Crippen molar-refractivity contribution in [3.8, 4) is 22.9 Å². The zero-order valence-electron chi connectivity index (χ0n) is 21.9. The molecular formula is C27H33FN6O4. The van der Waals surface area contributed by atoms with Gasteiger partial charge in [0.2, 0.25) is 11.7 Å². The van der Waals surface area contributed by atoms with E-state index in [-0.39, 0.29) is 30.0 Å². The number of benzene rings is 2. The molecule has 10 nitrogen and oxygen atoms in total. The number of amides is 2. The number of tetrazole rings is 1. The Labute approximate surface area is 221 Å². The molecule has 3 aromatic rings. The molecule has 38 heavy (non-hydrogen) atoms. The van der Waals surface area contributed by atoms with Gasteiger partial charge < -0.3 is 14.8 Å². The standard InChI is InChI=1S/C27H33FN6O4/c1-4-9-22(27(36)29-19-10-5-6-11-19)34(21-13-8-7-12-20(21)28)25(35)17-33-31-26(30-32-33)18-14-15-23(37-2)24(16-18)38-3/h7-8,12-16,19,22H,4-6,9-11,17H2,1-3H3,(H,29,36)/t22-/m1/s1. The highest BCUT2D eigenvalue weighted by atomic mass is 19.1. The fourth-order valence-electron chi connectivity index (χ4n) is 4.74. The van der Waals surface area contributed by atoms with Crippen LogP contribution in [0.4, 0.5) is 10.1 Å². The van der Waals surface area contributed by atoms with Gasteiger partial charge in [0.25, 0.3) is 5.91 Å². The quantitative estimate of drug-likeness (QED) is 0.407. The maximum atomic E-state index is 15.0. The number of nitrogens with one attached hydrogen (secondary N) is 1. The third-order valence-corrected chi connectivity index (χ3v) is 6.63. The Morgan fingerprint density at radius 3 is 2.55 bits per heavy atom. The molecule has 1 aliphatic rings. The number of hydrogen-bond donors (Lipinski definition) is 1. The first-order valence-electron chi connectivity index (χ1n) is 12.8. The topological polar surface area (TPSA) is 111 Å². The van der Waals surface area contributed by atoms with Crippen molar-refractivity contribution in [1.29, 1.82) is 0 Å². The van der Waals surface area contributed by atoms with E-state index >= 15 is 0 Å². The van der Waals surface area contributed by atoms with Crippen molar-refractivity contribution in [2.45, 2.75) is 64.1 Å². The van der Waals surface area contributed by atoms with Crippen LogP contribution < -0.4 is 19.7 Å². The van der Waals surface area contributed by atoms with Gasteiger partial charge in [-0.15, -0.1) is 10.2 Å². The zero-order valence-corrected chi connectivity index (χ0v) is 21.9.